The Bertz CT molecular complexity index is 928. The zero-order valence-electron chi connectivity index (χ0n) is 17.0. The van der Waals surface area contributed by atoms with Crippen LogP contribution in [0.4, 0.5) is 5.95 Å². The lowest BCUT2D eigenvalue weighted by Gasteiger charge is -2.29. The number of hydrogen-bond donors (Lipinski definition) is 1. The zero-order chi connectivity index (χ0) is 21.0. The van der Waals surface area contributed by atoms with E-state index >= 15 is 0 Å². The molecule has 1 unspecified atom stereocenters. The lowest BCUT2D eigenvalue weighted by atomic mass is 9.95. The standard InChI is InChI=1S/C20H25BrN4O3S/c1-5-10-28-15-9-8-13(21)11-14(15)17-16(18(26)27-6-2)12(4)22-19-23-20(29-7-3)24-25(17)19/h8-9,11,17H,5-7,10H2,1-4H3,(H,22,23,24). The van der Waals surface area contributed by atoms with Gasteiger partial charge in [-0.3, -0.25) is 0 Å². The molecule has 1 aromatic carbocycles. The molecule has 0 amide bonds. The molecule has 0 saturated carbocycles. The van der Waals surface area contributed by atoms with E-state index < -0.39 is 6.04 Å². The van der Waals surface area contributed by atoms with Crippen molar-refractivity contribution in [3.05, 3.63) is 39.5 Å². The van der Waals surface area contributed by atoms with Crippen LogP contribution < -0.4 is 10.1 Å². The number of esters is 1. The minimum Gasteiger partial charge on any atom is -0.493 e. The van der Waals surface area contributed by atoms with E-state index in [4.69, 9.17) is 9.47 Å². The summed E-state index contributed by atoms with van der Waals surface area (Å²) in [5, 5.41) is 8.53. The number of fused-ring (bicyclic) bond motifs is 1. The number of rotatable bonds is 8. The van der Waals surface area contributed by atoms with Gasteiger partial charge in [0.1, 0.15) is 11.8 Å². The first-order valence-corrected chi connectivity index (χ1v) is 11.4. The summed E-state index contributed by atoms with van der Waals surface area (Å²) >= 11 is 5.10. The van der Waals surface area contributed by atoms with Crippen molar-refractivity contribution in [2.24, 2.45) is 0 Å². The van der Waals surface area contributed by atoms with E-state index in [9.17, 15) is 4.79 Å². The van der Waals surface area contributed by atoms with Gasteiger partial charge in [0, 0.05) is 15.7 Å². The molecule has 0 bridgehead atoms. The topological polar surface area (TPSA) is 78.3 Å². The summed E-state index contributed by atoms with van der Waals surface area (Å²) in [6.07, 6.45) is 0.882. The number of allylic oxidation sites excluding steroid dienone is 1. The molecule has 7 nitrogen and oxygen atoms in total. The third-order valence-corrected chi connectivity index (χ3v) is 5.54. The molecule has 9 heteroatoms. The number of hydrogen-bond acceptors (Lipinski definition) is 7. The van der Waals surface area contributed by atoms with Gasteiger partial charge < -0.3 is 14.8 Å². The van der Waals surface area contributed by atoms with E-state index in [1.165, 1.54) is 0 Å². The van der Waals surface area contributed by atoms with Gasteiger partial charge in [0.25, 0.3) is 0 Å². The average molecular weight is 481 g/mol. The molecule has 0 saturated heterocycles. The predicted molar refractivity (Wildman–Crippen MR) is 117 cm³/mol. The lowest BCUT2D eigenvalue weighted by molar-refractivity contribution is -0.139. The number of nitrogens with one attached hydrogen (secondary N) is 1. The first-order valence-electron chi connectivity index (χ1n) is 9.66. The van der Waals surface area contributed by atoms with Gasteiger partial charge in [-0.1, -0.05) is 41.5 Å². The summed E-state index contributed by atoms with van der Waals surface area (Å²) in [7, 11) is 0. The Morgan fingerprint density at radius 2 is 2.14 bits per heavy atom. The SMILES string of the molecule is CCCOc1ccc(Br)cc1C1C(C(=O)OCC)=C(C)Nc2nc(SCC)nn21. The van der Waals surface area contributed by atoms with E-state index in [1.807, 2.05) is 32.0 Å². The molecule has 3 rings (SSSR count). The van der Waals surface area contributed by atoms with Crippen LogP contribution in [0.2, 0.25) is 0 Å². The number of carbonyl (C=O) groups is 1. The van der Waals surface area contributed by atoms with Crippen LogP contribution in [0.25, 0.3) is 0 Å². The fourth-order valence-electron chi connectivity index (χ4n) is 3.16. The number of aromatic nitrogens is 3. The Hall–Kier alpha value is -2.00. The van der Waals surface area contributed by atoms with Crippen molar-refractivity contribution < 1.29 is 14.3 Å². The molecular weight excluding hydrogens is 456 g/mol. The van der Waals surface area contributed by atoms with Crippen molar-refractivity contribution in [1.82, 2.24) is 14.8 Å². The Kier molecular flexibility index (Phi) is 7.23. The summed E-state index contributed by atoms with van der Waals surface area (Å²) in [5.41, 5.74) is 2.02. The first kappa shape index (κ1) is 21.7. The number of anilines is 1. The van der Waals surface area contributed by atoms with Gasteiger partial charge in [-0.15, -0.1) is 5.10 Å². The molecule has 1 aliphatic heterocycles. The number of nitrogens with zero attached hydrogens (tertiary/aromatic N) is 3. The molecule has 1 aliphatic rings. The van der Waals surface area contributed by atoms with Gasteiger partial charge in [0.05, 0.1) is 18.8 Å². The normalized spacial score (nSPS) is 15.7. The predicted octanol–water partition coefficient (Wildman–Crippen LogP) is 4.79. The van der Waals surface area contributed by atoms with Crippen molar-refractivity contribution in [2.45, 2.75) is 45.3 Å². The van der Waals surface area contributed by atoms with Crippen LogP contribution in [0, 0.1) is 0 Å². The van der Waals surface area contributed by atoms with Crippen molar-refractivity contribution in [1.29, 1.82) is 0 Å². The van der Waals surface area contributed by atoms with Crippen LogP contribution in [0.3, 0.4) is 0 Å². The number of benzene rings is 1. The second-order valence-corrected chi connectivity index (χ2v) is 8.56. The maximum Gasteiger partial charge on any atom is 0.338 e. The van der Waals surface area contributed by atoms with Crippen LogP contribution in [0.1, 0.15) is 45.7 Å². The summed E-state index contributed by atoms with van der Waals surface area (Å²) in [6.45, 7) is 8.63. The minimum absolute atomic E-state index is 0.293. The molecule has 2 aromatic rings. The van der Waals surface area contributed by atoms with Gasteiger partial charge in [0.15, 0.2) is 0 Å². The molecule has 2 heterocycles. The van der Waals surface area contributed by atoms with Crippen molar-refractivity contribution in [3.63, 3.8) is 0 Å². The summed E-state index contributed by atoms with van der Waals surface area (Å²) < 4.78 is 14.0. The van der Waals surface area contributed by atoms with E-state index in [2.05, 4.69) is 38.3 Å². The molecule has 1 atom stereocenters. The van der Waals surface area contributed by atoms with Gasteiger partial charge in [-0.25, -0.2) is 9.48 Å². The Morgan fingerprint density at radius 1 is 1.34 bits per heavy atom. The highest BCUT2D eigenvalue weighted by atomic mass is 79.9. The van der Waals surface area contributed by atoms with Crippen molar-refractivity contribution >= 4 is 39.6 Å². The number of thioether (sulfide) groups is 1. The largest absolute Gasteiger partial charge is 0.493 e. The monoisotopic (exact) mass is 480 g/mol. The highest BCUT2D eigenvalue weighted by molar-refractivity contribution is 9.10. The van der Waals surface area contributed by atoms with E-state index in [0.29, 0.717) is 41.3 Å². The molecular formula is C20H25BrN4O3S. The Balaban J connectivity index is 2.19. The second-order valence-electron chi connectivity index (χ2n) is 6.41. The van der Waals surface area contributed by atoms with E-state index in [1.54, 1.807) is 23.4 Å². The molecule has 0 fully saturated rings. The summed E-state index contributed by atoms with van der Waals surface area (Å²) in [5.74, 6) is 1.78. The molecule has 0 spiro atoms. The fraction of sp³-hybridized carbons (Fsp3) is 0.450. The number of carbonyl (C=O) groups excluding carboxylic acids is 1. The second kappa shape index (κ2) is 9.67. The van der Waals surface area contributed by atoms with Crippen molar-refractivity contribution in [2.75, 3.05) is 24.3 Å². The first-order chi connectivity index (χ1) is 14.0. The quantitative estimate of drug-likeness (QED) is 0.429. The Morgan fingerprint density at radius 3 is 2.83 bits per heavy atom. The average Bonchev–Trinajstić information content (AvgIpc) is 3.08. The minimum atomic E-state index is -0.506. The van der Waals surface area contributed by atoms with Crippen LogP contribution in [0.15, 0.2) is 39.1 Å². The maximum absolute atomic E-state index is 12.9. The Labute approximate surface area is 183 Å². The van der Waals surface area contributed by atoms with E-state index in [-0.39, 0.29) is 5.97 Å². The van der Waals surface area contributed by atoms with Crippen LogP contribution in [-0.2, 0) is 9.53 Å². The van der Waals surface area contributed by atoms with Crippen LogP contribution in [0.5, 0.6) is 5.75 Å². The van der Waals surface area contributed by atoms with Crippen LogP contribution in [-0.4, -0.2) is 39.7 Å². The fourth-order valence-corrected chi connectivity index (χ4v) is 4.09. The molecule has 1 aromatic heterocycles. The smallest absolute Gasteiger partial charge is 0.338 e. The maximum atomic E-state index is 12.9. The van der Waals surface area contributed by atoms with Gasteiger partial charge in [-0.2, -0.15) is 4.98 Å². The molecule has 1 N–H and O–H groups in total. The molecule has 29 heavy (non-hydrogen) atoms. The van der Waals surface area contributed by atoms with Crippen molar-refractivity contribution in [3.8, 4) is 5.75 Å². The highest BCUT2D eigenvalue weighted by Crippen LogP contribution is 2.41. The highest BCUT2D eigenvalue weighted by Gasteiger charge is 2.37. The van der Waals surface area contributed by atoms with Gasteiger partial charge in [-0.05, 0) is 44.2 Å². The third-order valence-electron chi connectivity index (χ3n) is 4.33. The number of ether oxygens (including phenoxy) is 2. The molecule has 156 valence electrons. The summed E-state index contributed by atoms with van der Waals surface area (Å²) in [4.78, 5) is 17.5. The zero-order valence-corrected chi connectivity index (χ0v) is 19.4. The van der Waals surface area contributed by atoms with Gasteiger partial charge >= 0.3 is 5.97 Å². The molecule has 0 radical (unpaired) electrons. The third kappa shape index (κ3) is 4.61. The number of halogens is 1. The van der Waals surface area contributed by atoms with Gasteiger partial charge in [0.2, 0.25) is 11.1 Å². The summed E-state index contributed by atoms with van der Waals surface area (Å²) in [6, 6.07) is 5.30. The van der Waals surface area contributed by atoms with E-state index in [0.717, 1.165) is 22.2 Å². The lowest BCUT2D eigenvalue weighted by Crippen LogP contribution is -2.30. The molecule has 0 aliphatic carbocycles. The van der Waals surface area contributed by atoms with Crippen LogP contribution >= 0.6 is 27.7 Å².